The van der Waals surface area contributed by atoms with E-state index in [0.29, 0.717) is 6.04 Å². The van der Waals surface area contributed by atoms with Crippen molar-refractivity contribution in [2.24, 2.45) is 5.41 Å². The highest BCUT2D eigenvalue weighted by atomic mass is 35.5. The van der Waals surface area contributed by atoms with E-state index >= 15 is 0 Å². The lowest BCUT2D eigenvalue weighted by atomic mass is 9.86. The second-order valence-corrected chi connectivity index (χ2v) is 6.67. The van der Waals surface area contributed by atoms with E-state index in [1.807, 2.05) is 12.1 Å². The first-order chi connectivity index (χ1) is 10.1. The predicted molar refractivity (Wildman–Crippen MR) is 88.9 cm³/mol. The maximum atomic E-state index is 6.11. The van der Waals surface area contributed by atoms with E-state index in [1.54, 1.807) is 0 Å². The van der Waals surface area contributed by atoms with Crippen LogP contribution in [0.2, 0.25) is 5.02 Å². The fourth-order valence-corrected chi connectivity index (χ4v) is 3.25. The van der Waals surface area contributed by atoms with Crippen LogP contribution in [0, 0.1) is 5.41 Å². The van der Waals surface area contributed by atoms with Crippen molar-refractivity contribution >= 4 is 11.6 Å². The third kappa shape index (κ3) is 4.43. The minimum atomic E-state index is 0.234. The van der Waals surface area contributed by atoms with E-state index in [4.69, 9.17) is 16.3 Å². The van der Waals surface area contributed by atoms with Gasteiger partial charge in [-0.1, -0.05) is 30.7 Å². The van der Waals surface area contributed by atoms with Crippen molar-refractivity contribution in [3.8, 4) is 0 Å². The molecule has 1 fully saturated rings. The van der Waals surface area contributed by atoms with Gasteiger partial charge < -0.3 is 10.1 Å². The first kappa shape index (κ1) is 16.8. The van der Waals surface area contributed by atoms with Gasteiger partial charge in [0, 0.05) is 36.2 Å². The van der Waals surface area contributed by atoms with Gasteiger partial charge in [-0.05, 0) is 44.6 Å². The normalized spacial score (nSPS) is 23.7. The number of hydrogen-bond donors (Lipinski definition) is 1. The highest BCUT2D eigenvalue weighted by Gasteiger charge is 2.36. The lowest BCUT2D eigenvalue weighted by Crippen LogP contribution is -2.44. The Kier molecular flexibility index (Phi) is 6.06. The van der Waals surface area contributed by atoms with Crippen molar-refractivity contribution < 1.29 is 4.74 Å². The summed E-state index contributed by atoms with van der Waals surface area (Å²) in [6.07, 6.45) is 1.13. The van der Waals surface area contributed by atoms with Crippen molar-refractivity contribution in [3.63, 3.8) is 0 Å². The summed E-state index contributed by atoms with van der Waals surface area (Å²) in [5.74, 6) is 0. The zero-order valence-corrected chi connectivity index (χ0v) is 14.1. The largest absolute Gasteiger partial charge is 0.381 e. The Labute approximate surface area is 133 Å². The molecule has 0 radical (unpaired) electrons. The van der Waals surface area contributed by atoms with Crippen molar-refractivity contribution in [2.75, 3.05) is 39.9 Å². The summed E-state index contributed by atoms with van der Waals surface area (Å²) in [7, 11) is 2.19. The van der Waals surface area contributed by atoms with Crippen LogP contribution in [0.5, 0.6) is 0 Å². The Morgan fingerprint density at radius 1 is 1.48 bits per heavy atom. The zero-order valence-electron chi connectivity index (χ0n) is 13.4. The molecule has 21 heavy (non-hydrogen) atoms. The molecule has 0 aromatic heterocycles. The molecule has 2 unspecified atom stereocenters. The van der Waals surface area contributed by atoms with Crippen LogP contribution in [0.3, 0.4) is 0 Å². The maximum Gasteiger partial charge on any atom is 0.0547 e. The number of nitrogens with zero attached hydrogens (tertiary/aromatic N) is 1. The molecule has 0 saturated carbocycles. The number of rotatable bonds is 7. The molecule has 1 saturated heterocycles. The van der Waals surface area contributed by atoms with Gasteiger partial charge in [-0.15, -0.1) is 0 Å². The zero-order chi connectivity index (χ0) is 15.3. The van der Waals surface area contributed by atoms with Crippen LogP contribution in [0.1, 0.15) is 31.9 Å². The van der Waals surface area contributed by atoms with Gasteiger partial charge in [-0.3, -0.25) is 4.90 Å². The van der Waals surface area contributed by atoms with E-state index in [0.717, 1.165) is 44.3 Å². The third-order valence-electron chi connectivity index (χ3n) is 4.51. The number of halogens is 1. The van der Waals surface area contributed by atoms with Crippen LogP contribution in [0.25, 0.3) is 0 Å². The summed E-state index contributed by atoms with van der Waals surface area (Å²) in [6.45, 7) is 9.20. The number of ether oxygens (including phenoxy) is 1. The Bertz CT molecular complexity index is 446. The Balaban J connectivity index is 2.02. The number of hydrogen-bond acceptors (Lipinski definition) is 3. The molecule has 1 aliphatic heterocycles. The summed E-state index contributed by atoms with van der Waals surface area (Å²) >= 11 is 6.11. The van der Waals surface area contributed by atoms with E-state index in [2.05, 4.69) is 43.2 Å². The van der Waals surface area contributed by atoms with E-state index in [1.165, 1.54) is 5.56 Å². The molecular formula is C17H27ClN2O. The fourth-order valence-electron chi connectivity index (χ4n) is 3.05. The van der Waals surface area contributed by atoms with E-state index in [9.17, 15) is 0 Å². The van der Waals surface area contributed by atoms with Crippen LogP contribution in [0.4, 0.5) is 0 Å². The van der Waals surface area contributed by atoms with Crippen LogP contribution < -0.4 is 5.32 Å². The average Bonchev–Trinajstić information content (AvgIpc) is 2.93. The van der Waals surface area contributed by atoms with Gasteiger partial charge in [0.1, 0.15) is 0 Å². The Hall–Kier alpha value is -0.610. The van der Waals surface area contributed by atoms with Crippen molar-refractivity contribution in [2.45, 2.75) is 26.3 Å². The maximum absolute atomic E-state index is 6.11. The van der Waals surface area contributed by atoms with Gasteiger partial charge in [0.2, 0.25) is 0 Å². The summed E-state index contributed by atoms with van der Waals surface area (Å²) in [5.41, 5.74) is 1.50. The highest BCUT2D eigenvalue weighted by Crippen LogP contribution is 2.32. The molecular weight excluding hydrogens is 284 g/mol. The van der Waals surface area contributed by atoms with Gasteiger partial charge in [0.15, 0.2) is 0 Å². The molecule has 1 aliphatic rings. The molecule has 0 amide bonds. The molecule has 0 spiro atoms. The summed E-state index contributed by atoms with van der Waals surface area (Å²) in [5, 5.41) is 4.30. The molecule has 2 atom stereocenters. The van der Waals surface area contributed by atoms with Crippen LogP contribution in [-0.4, -0.2) is 44.8 Å². The average molecular weight is 311 g/mol. The van der Waals surface area contributed by atoms with E-state index < -0.39 is 0 Å². The molecule has 0 aliphatic carbocycles. The van der Waals surface area contributed by atoms with E-state index in [-0.39, 0.29) is 5.41 Å². The molecule has 1 N–H and O–H groups in total. The summed E-state index contributed by atoms with van der Waals surface area (Å²) in [4.78, 5) is 2.41. The SMILES string of the molecule is CCNCC1(CN(C)C(C)c2cccc(Cl)c2)CCOC1. The van der Waals surface area contributed by atoms with Crippen LogP contribution in [-0.2, 0) is 4.74 Å². The van der Waals surface area contributed by atoms with Crippen molar-refractivity contribution in [1.82, 2.24) is 10.2 Å². The number of benzene rings is 1. The molecule has 3 nitrogen and oxygen atoms in total. The molecule has 1 aromatic carbocycles. The smallest absolute Gasteiger partial charge is 0.0547 e. The van der Waals surface area contributed by atoms with Crippen molar-refractivity contribution in [3.05, 3.63) is 34.9 Å². The first-order valence-electron chi connectivity index (χ1n) is 7.80. The van der Waals surface area contributed by atoms with Crippen LogP contribution in [0.15, 0.2) is 24.3 Å². The van der Waals surface area contributed by atoms with Gasteiger partial charge in [0.05, 0.1) is 6.61 Å². The summed E-state index contributed by atoms with van der Waals surface area (Å²) in [6, 6.07) is 8.51. The van der Waals surface area contributed by atoms with Gasteiger partial charge in [-0.2, -0.15) is 0 Å². The first-order valence-corrected chi connectivity index (χ1v) is 8.18. The monoisotopic (exact) mass is 310 g/mol. The second kappa shape index (κ2) is 7.59. The minimum Gasteiger partial charge on any atom is -0.381 e. The Morgan fingerprint density at radius 2 is 2.29 bits per heavy atom. The lowest BCUT2D eigenvalue weighted by molar-refractivity contribution is 0.104. The molecule has 2 rings (SSSR count). The lowest BCUT2D eigenvalue weighted by Gasteiger charge is -2.35. The highest BCUT2D eigenvalue weighted by molar-refractivity contribution is 6.30. The van der Waals surface area contributed by atoms with Crippen LogP contribution >= 0.6 is 11.6 Å². The second-order valence-electron chi connectivity index (χ2n) is 6.23. The molecule has 4 heteroatoms. The summed E-state index contributed by atoms with van der Waals surface area (Å²) < 4.78 is 5.68. The molecule has 0 bridgehead atoms. The van der Waals surface area contributed by atoms with Crippen molar-refractivity contribution in [1.29, 1.82) is 0 Å². The van der Waals surface area contributed by atoms with Gasteiger partial charge in [0.25, 0.3) is 0 Å². The quantitative estimate of drug-likeness (QED) is 0.836. The predicted octanol–water partition coefficient (Wildman–Crippen LogP) is 3.35. The standard InChI is InChI=1S/C17H27ClN2O/c1-4-19-11-17(8-9-21-13-17)12-20(3)14(2)15-6-5-7-16(18)10-15/h5-7,10,14,19H,4,8-9,11-13H2,1-3H3. The van der Waals surface area contributed by atoms with Gasteiger partial charge >= 0.3 is 0 Å². The molecule has 1 aromatic rings. The number of nitrogens with one attached hydrogen (secondary N) is 1. The topological polar surface area (TPSA) is 24.5 Å². The minimum absolute atomic E-state index is 0.234. The fraction of sp³-hybridized carbons (Fsp3) is 0.647. The third-order valence-corrected chi connectivity index (χ3v) is 4.75. The Morgan fingerprint density at radius 3 is 2.90 bits per heavy atom. The molecule has 1 heterocycles. The molecule has 118 valence electrons. The van der Waals surface area contributed by atoms with Gasteiger partial charge in [-0.25, -0.2) is 0 Å².